The highest BCUT2D eigenvalue weighted by atomic mass is 35.5. The summed E-state index contributed by atoms with van der Waals surface area (Å²) < 4.78 is 19.0. The number of ether oxygens (including phenoxy) is 1. The Hall–Kier alpha value is -2.25. The van der Waals surface area contributed by atoms with Crippen molar-refractivity contribution in [3.63, 3.8) is 0 Å². The number of rotatable bonds is 11. The van der Waals surface area contributed by atoms with Gasteiger partial charge in [-0.2, -0.15) is 0 Å². The molecule has 0 aromatic heterocycles. The van der Waals surface area contributed by atoms with Gasteiger partial charge in [0, 0.05) is 31.1 Å². The highest BCUT2D eigenvalue weighted by Gasteiger charge is 2.26. The fourth-order valence-corrected chi connectivity index (χ4v) is 3.49. The molecule has 1 aliphatic rings. The SMILES string of the molecule is C=CCOC[C@H](O)CN(Cc1cccc(F)c1)C[C@H]1CC(c2ccc(Cl)cc2)=NO1. The molecule has 2 aromatic carbocycles. The maximum atomic E-state index is 13.6. The number of benzene rings is 2. The average Bonchev–Trinajstić information content (AvgIpc) is 3.17. The zero-order chi connectivity index (χ0) is 21.3. The molecule has 7 heteroatoms. The van der Waals surface area contributed by atoms with E-state index in [-0.39, 0.29) is 18.5 Å². The van der Waals surface area contributed by atoms with Gasteiger partial charge < -0.3 is 14.7 Å². The molecule has 0 aliphatic carbocycles. The minimum absolute atomic E-state index is 0.162. The van der Waals surface area contributed by atoms with Crippen molar-refractivity contribution in [1.82, 2.24) is 4.90 Å². The van der Waals surface area contributed by atoms with Crippen LogP contribution < -0.4 is 0 Å². The molecule has 2 atom stereocenters. The highest BCUT2D eigenvalue weighted by molar-refractivity contribution is 6.30. The molecule has 0 amide bonds. The monoisotopic (exact) mass is 432 g/mol. The lowest BCUT2D eigenvalue weighted by molar-refractivity contribution is 0.00334. The van der Waals surface area contributed by atoms with Crippen LogP contribution in [0.2, 0.25) is 5.02 Å². The van der Waals surface area contributed by atoms with Gasteiger partial charge in [0.1, 0.15) is 11.9 Å². The van der Waals surface area contributed by atoms with Crippen LogP contribution in [0.1, 0.15) is 17.5 Å². The second-order valence-electron chi connectivity index (χ2n) is 7.28. The Balaban J connectivity index is 1.61. The molecule has 2 aromatic rings. The number of halogens is 2. The Bertz CT molecular complexity index is 860. The Labute approximate surface area is 181 Å². The summed E-state index contributed by atoms with van der Waals surface area (Å²) in [5.74, 6) is -0.284. The van der Waals surface area contributed by atoms with Crippen molar-refractivity contribution in [2.24, 2.45) is 5.16 Å². The highest BCUT2D eigenvalue weighted by Crippen LogP contribution is 2.20. The molecular weight excluding hydrogens is 407 g/mol. The van der Waals surface area contributed by atoms with Crippen molar-refractivity contribution in [3.8, 4) is 0 Å². The van der Waals surface area contributed by atoms with Gasteiger partial charge >= 0.3 is 0 Å². The lowest BCUT2D eigenvalue weighted by Gasteiger charge is -2.27. The molecule has 3 rings (SSSR count). The number of hydrogen-bond donors (Lipinski definition) is 1. The molecule has 0 bridgehead atoms. The van der Waals surface area contributed by atoms with E-state index >= 15 is 0 Å². The van der Waals surface area contributed by atoms with Gasteiger partial charge in [-0.1, -0.05) is 47.1 Å². The topological polar surface area (TPSA) is 54.3 Å². The van der Waals surface area contributed by atoms with Crippen LogP contribution in [0.3, 0.4) is 0 Å². The van der Waals surface area contributed by atoms with Gasteiger partial charge in [-0.3, -0.25) is 4.90 Å². The van der Waals surface area contributed by atoms with E-state index in [0.29, 0.717) is 37.7 Å². The first-order valence-electron chi connectivity index (χ1n) is 9.85. The third kappa shape index (κ3) is 6.92. The van der Waals surface area contributed by atoms with Gasteiger partial charge in [0.2, 0.25) is 0 Å². The second kappa shape index (κ2) is 11.2. The molecule has 0 saturated heterocycles. The molecule has 5 nitrogen and oxygen atoms in total. The van der Waals surface area contributed by atoms with Crippen molar-refractivity contribution in [1.29, 1.82) is 0 Å². The zero-order valence-corrected chi connectivity index (χ0v) is 17.5. The Morgan fingerprint density at radius 2 is 2.13 bits per heavy atom. The molecule has 0 fully saturated rings. The van der Waals surface area contributed by atoms with Crippen molar-refractivity contribution < 1.29 is 19.1 Å². The number of hydrogen-bond acceptors (Lipinski definition) is 5. The Kier molecular flexibility index (Phi) is 8.39. The summed E-state index contributed by atoms with van der Waals surface area (Å²) in [5, 5.41) is 15.2. The molecule has 160 valence electrons. The minimum atomic E-state index is -0.684. The van der Waals surface area contributed by atoms with E-state index in [0.717, 1.165) is 16.8 Å². The fraction of sp³-hybridized carbons (Fsp3) is 0.348. The third-order valence-corrected chi connectivity index (χ3v) is 4.93. The maximum absolute atomic E-state index is 13.6. The molecule has 0 saturated carbocycles. The van der Waals surface area contributed by atoms with Crippen LogP contribution in [0.4, 0.5) is 4.39 Å². The van der Waals surface area contributed by atoms with Gasteiger partial charge in [-0.15, -0.1) is 6.58 Å². The predicted octanol–water partition coefficient (Wildman–Crippen LogP) is 4.04. The van der Waals surface area contributed by atoms with E-state index in [4.69, 9.17) is 21.2 Å². The number of aliphatic hydroxyl groups is 1. The predicted molar refractivity (Wildman–Crippen MR) is 116 cm³/mol. The maximum Gasteiger partial charge on any atom is 0.145 e. The standard InChI is InChI=1S/C23H26ClFN2O3/c1-2-10-29-16-21(28)14-27(13-17-4-3-5-20(25)11-17)15-22-12-23(26-30-22)18-6-8-19(24)9-7-18/h2-9,11,21-22,28H,1,10,12-16H2/t21-,22-/m1/s1. The largest absolute Gasteiger partial charge is 0.390 e. The molecule has 0 spiro atoms. The average molecular weight is 433 g/mol. The Morgan fingerprint density at radius 1 is 1.33 bits per heavy atom. The van der Waals surface area contributed by atoms with E-state index in [1.165, 1.54) is 12.1 Å². The smallest absolute Gasteiger partial charge is 0.145 e. The van der Waals surface area contributed by atoms with Crippen molar-refractivity contribution in [2.45, 2.75) is 25.2 Å². The lowest BCUT2D eigenvalue weighted by Crippen LogP contribution is -2.39. The van der Waals surface area contributed by atoms with E-state index in [1.807, 2.05) is 35.2 Å². The molecule has 1 heterocycles. The van der Waals surface area contributed by atoms with Crippen molar-refractivity contribution in [3.05, 3.63) is 83.2 Å². The number of nitrogens with zero attached hydrogens (tertiary/aromatic N) is 2. The van der Waals surface area contributed by atoms with Crippen molar-refractivity contribution in [2.75, 3.05) is 26.3 Å². The fourth-order valence-electron chi connectivity index (χ4n) is 3.36. The van der Waals surface area contributed by atoms with Gasteiger partial charge in [0.05, 0.1) is 25.0 Å². The molecule has 1 aliphatic heterocycles. The lowest BCUT2D eigenvalue weighted by atomic mass is 10.0. The minimum Gasteiger partial charge on any atom is -0.390 e. The van der Waals surface area contributed by atoms with Crippen LogP contribution in [-0.4, -0.2) is 54.2 Å². The van der Waals surface area contributed by atoms with E-state index in [1.54, 1.807) is 12.1 Å². The first-order chi connectivity index (χ1) is 14.5. The summed E-state index contributed by atoms with van der Waals surface area (Å²) in [7, 11) is 0. The molecule has 1 N–H and O–H groups in total. The quantitative estimate of drug-likeness (QED) is 0.430. The van der Waals surface area contributed by atoms with Gasteiger partial charge in [-0.05, 0) is 35.4 Å². The van der Waals surface area contributed by atoms with E-state index < -0.39 is 6.10 Å². The molecule has 0 radical (unpaired) electrons. The summed E-state index contributed by atoms with van der Waals surface area (Å²) in [6.45, 7) is 5.56. The number of oxime groups is 1. The van der Waals surface area contributed by atoms with Crippen LogP contribution >= 0.6 is 11.6 Å². The second-order valence-corrected chi connectivity index (χ2v) is 7.72. The molecule has 30 heavy (non-hydrogen) atoms. The summed E-state index contributed by atoms with van der Waals surface area (Å²) >= 11 is 5.95. The van der Waals surface area contributed by atoms with Crippen LogP contribution in [0.15, 0.2) is 66.3 Å². The van der Waals surface area contributed by atoms with Crippen LogP contribution in [0, 0.1) is 5.82 Å². The summed E-state index contributed by atoms with van der Waals surface area (Å²) in [4.78, 5) is 7.66. The summed E-state index contributed by atoms with van der Waals surface area (Å²) in [5.41, 5.74) is 2.65. The van der Waals surface area contributed by atoms with Crippen LogP contribution in [-0.2, 0) is 16.1 Å². The van der Waals surface area contributed by atoms with Gasteiger partial charge in [0.25, 0.3) is 0 Å². The van der Waals surface area contributed by atoms with Crippen LogP contribution in [0.5, 0.6) is 0 Å². The van der Waals surface area contributed by atoms with E-state index in [2.05, 4.69) is 11.7 Å². The summed E-state index contributed by atoms with van der Waals surface area (Å²) in [6.07, 6.45) is 1.44. The molecular formula is C23H26ClFN2O3. The van der Waals surface area contributed by atoms with E-state index in [9.17, 15) is 9.50 Å². The van der Waals surface area contributed by atoms with Crippen LogP contribution in [0.25, 0.3) is 0 Å². The molecule has 0 unspecified atom stereocenters. The first-order valence-corrected chi connectivity index (χ1v) is 10.2. The summed E-state index contributed by atoms with van der Waals surface area (Å²) in [6, 6.07) is 13.9. The van der Waals surface area contributed by atoms with Crippen molar-refractivity contribution >= 4 is 17.3 Å². The van der Waals surface area contributed by atoms with Gasteiger partial charge in [0.15, 0.2) is 0 Å². The number of aliphatic hydroxyl groups excluding tert-OH is 1. The normalized spacial score (nSPS) is 16.9. The Morgan fingerprint density at radius 3 is 2.87 bits per heavy atom. The zero-order valence-electron chi connectivity index (χ0n) is 16.7. The third-order valence-electron chi connectivity index (χ3n) is 4.68. The first kappa shape index (κ1) is 22.4. The van der Waals surface area contributed by atoms with Gasteiger partial charge in [-0.25, -0.2) is 4.39 Å².